The van der Waals surface area contributed by atoms with E-state index in [1.807, 2.05) is 13.8 Å². The lowest BCUT2D eigenvalue weighted by Gasteiger charge is -2.10. The van der Waals surface area contributed by atoms with Gasteiger partial charge in [-0.25, -0.2) is 13.8 Å². The smallest absolute Gasteiger partial charge is 0.146 e. The maximum absolute atomic E-state index is 14.3. The van der Waals surface area contributed by atoms with Crippen LogP contribution in [0.4, 0.5) is 14.5 Å². The molecule has 2 aromatic rings. The SMILES string of the molecule is CC(C)C(N)=NC(=N)/C=C\C(N)=C(\C=Nc1c(Cl)cccc1Cl)C(=N)c1ccc(F)cc1F. The zero-order valence-electron chi connectivity index (χ0n) is 17.8. The van der Waals surface area contributed by atoms with E-state index >= 15 is 0 Å². The van der Waals surface area contributed by atoms with Gasteiger partial charge < -0.3 is 11.5 Å². The molecular formula is C23H22Cl2F2N6. The zero-order valence-corrected chi connectivity index (χ0v) is 19.3. The molecule has 6 N–H and O–H groups in total. The summed E-state index contributed by atoms with van der Waals surface area (Å²) in [5.41, 5.74) is 11.5. The summed E-state index contributed by atoms with van der Waals surface area (Å²) >= 11 is 12.3. The van der Waals surface area contributed by atoms with Crippen molar-refractivity contribution in [3.05, 3.63) is 87.1 Å². The fourth-order valence-electron chi connectivity index (χ4n) is 2.43. The van der Waals surface area contributed by atoms with Gasteiger partial charge in [0.2, 0.25) is 0 Å². The van der Waals surface area contributed by atoms with Crippen LogP contribution in [0, 0.1) is 28.4 Å². The van der Waals surface area contributed by atoms with Crippen LogP contribution in [0.1, 0.15) is 19.4 Å². The van der Waals surface area contributed by atoms with Crippen LogP contribution in [-0.4, -0.2) is 23.6 Å². The van der Waals surface area contributed by atoms with Crippen LogP contribution in [0.2, 0.25) is 10.0 Å². The van der Waals surface area contributed by atoms with E-state index in [1.165, 1.54) is 18.4 Å². The van der Waals surface area contributed by atoms with Crippen LogP contribution in [0.5, 0.6) is 0 Å². The summed E-state index contributed by atoms with van der Waals surface area (Å²) in [5.74, 6) is -1.68. The van der Waals surface area contributed by atoms with E-state index < -0.39 is 11.6 Å². The number of para-hydroxylation sites is 1. The van der Waals surface area contributed by atoms with Crippen molar-refractivity contribution in [3.8, 4) is 0 Å². The second kappa shape index (κ2) is 11.5. The summed E-state index contributed by atoms with van der Waals surface area (Å²) in [6, 6.07) is 7.61. The summed E-state index contributed by atoms with van der Waals surface area (Å²) in [4.78, 5) is 8.16. The number of rotatable bonds is 7. The number of aliphatic imine (C=N–C) groups is 2. The summed E-state index contributed by atoms with van der Waals surface area (Å²) in [5, 5.41) is 16.9. The number of nitrogens with one attached hydrogen (secondary N) is 2. The molecule has 0 unspecified atom stereocenters. The number of allylic oxidation sites excluding steroid dienone is 2. The third-order valence-electron chi connectivity index (χ3n) is 4.30. The second-order valence-corrected chi connectivity index (χ2v) is 7.92. The van der Waals surface area contributed by atoms with E-state index in [2.05, 4.69) is 9.98 Å². The maximum atomic E-state index is 14.3. The predicted molar refractivity (Wildman–Crippen MR) is 132 cm³/mol. The van der Waals surface area contributed by atoms with Crippen LogP contribution in [0.25, 0.3) is 0 Å². The Morgan fingerprint density at radius 3 is 2.24 bits per heavy atom. The summed E-state index contributed by atoms with van der Waals surface area (Å²) < 4.78 is 27.7. The van der Waals surface area contributed by atoms with Crippen LogP contribution in [-0.2, 0) is 0 Å². The molecule has 0 aliphatic carbocycles. The molecular weight excluding hydrogens is 469 g/mol. The summed E-state index contributed by atoms with van der Waals surface area (Å²) in [6.45, 7) is 3.66. The van der Waals surface area contributed by atoms with Gasteiger partial charge in [-0.05, 0) is 36.4 Å². The fourth-order valence-corrected chi connectivity index (χ4v) is 2.92. The van der Waals surface area contributed by atoms with Crippen molar-refractivity contribution in [2.24, 2.45) is 27.4 Å². The van der Waals surface area contributed by atoms with Crippen molar-refractivity contribution in [1.82, 2.24) is 0 Å². The highest BCUT2D eigenvalue weighted by atomic mass is 35.5. The standard InChI is InChI=1S/C23H22Cl2F2N6/c1-12(2)23(31)33-20(29)9-8-19(28)15(11-32-22-16(24)4-3-5-17(22)25)21(30)14-7-6-13(26)10-18(14)27/h3-12,30H,28H2,1-2H3,(H3,29,31,33)/b9-8-,19-15+,30-21?,32-11?. The van der Waals surface area contributed by atoms with Crippen molar-refractivity contribution < 1.29 is 8.78 Å². The first-order chi connectivity index (χ1) is 15.5. The van der Waals surface area contributed by atoms with Crippen molar-refractivity contribution in [3.63, 3.8) is 0 Å². The molecule has 0 saturated heterocycles. The van der Waals surface area contributed by atoms with E-state index in [1.54, 1.807) is 18.2 Å². The molecule has 0 spiro atoms. The molecule has 33 heavy (non-hydrogen) atoms. The van der Waals surface area contributed by atoms with Gasteiger partial charge in [0.1, 0.15) is 29.0 Å². The van der Waals surface area contributed by atoms with Gasteiger partial charge in [0.05, 0.1) is 15.8 Å². The van der Waals surface area contributed by atoms with Gasteiger partial charge in [0.15, 0.2) is 0 Å². The molecule has 2 rings (SSSR count). The quantitative estimate of drug-likeness (QED) is 0.222. The van der Waals surface area contributed by atoms with Crippen LogP contribution in [0.3, 0.4) is 0 Å². The first-order valence-corrected chi connectivity index (χ1v) is 10.4. The van der Waals surface area contributed by atoms with Crippen LogP contribution < -0.4 is 11.5 Å². The fraction of sp³-hybridized carbons (Fsp3) is 0.130. The molecule has 0 heterocycles. The lowest BCUT2D eigenvalue weighted by Crippen LogP contribution is -2.20. The molecule has 0 radical (unpaired) electrons. The largest absolute Gasteiger partial charge is 0.398 e. The number of benzene rings is 2. The Balaban J connectivity index is 2.54. The van der Waals surface area contributed by atoms with Crippen molar-refractivity contribution in [2.45, 2.75) is 13.8 Å². The minimum Gasteiger partial charge on any atom is -0.398 e. The third-order valence-corrected chi connectivity index (χ3v) is 4.91. The molecule has 0 aliphatic rings. The molecule has 0 aliphatic heterocycles. The van der Waals surface area contributed by atoms with Crippen LogP contribution in [0.15, 0.2) is 69.8 Å². The van der Waals surface area contributed by atoms with E-state index in [0.717, 1.165) is 12.1 Å². The average molecular weight is 491 g/mol. The van der Waals surface area contributed by atoms with Crippen molar-refractivity contribution >= 4 is 52.5 Å². The minimum absolute atomic E-state index is 0.0126. The van der Waals surface area contributed by atoms with Gasteiger partial charge in [-0.15, -0.1) is 0 Å². The lowest BCUT2D eigenvalue weighted by molar-refractivity contribution is 0.582. The third kappa shape index (κ3) is 7.06. The molecule has 172 valence electrons. The van der Waals surface area contributed by atoms with E-state index in [0.29, 0.717) is 6.07 Å². The van der Waals surface area contributed by atoms with E-state index in [4.69, 9.17) is 45.5 Å². The van der Waals surface area contributed by atoms with Crippen molar-refractivity contribution in [2.75, 3.05) is 0 Å². The minimum atomic E-state index is -0.944. The van der Waals surface area contributed by atoms with Gasteiger partial charge in [0, 0.05) is 35.0 Å². The molecule has 0 bridgehead atoms. The first kappa shape index (κ1) is 25.9. The number of hydrogen-bond acceptors (Lipinski definition) is 4. The predicted octanol–water partition coefficient (Wildman–Crippen LogP) is 5.80. The van der Waals surface area contributed by atoms with Gasteiger partial charge >= 0.3 is 0 Å². The Kier molecular flexibility index (Phi) is 9.02. The normalized spacial score (nSPS) is 13.1. The highest BCUT2D eigenvalue weighted by Gasteiger charge is 2.15. The van der Waals surface area contributed by atoms with Gasteiger partial charge in [-0.3, -0.25) is 15.8 Å². The van der Waals surface area contributed by atoms with Crippen LogP contribution >= 0.6 is 23.2 Å². The molecule has 0 fully saturated rings. The summed E-state index contributed by atoms with van der Waals surface area (Å²) in [7, 11) is 0. The van der Waals surface area contributed by atoms with Gasteiger partial charge in [0.25, 0.3) is 0 Å². The Morgan fingerprint density at radius 2 is 1.67 bits per heavy atom. The number of hydrogen-bond donors (Lipinski definition) is 4. The van der Waals surface area contributed by atoms with E-state index in [-0.39, 0.29) is 55.9 Å². The molecule has 6 nitrogen and oxygen atoms in total. The molecule has 0 aromatic heterocycles. The molecule has 0 saturated carbocycles. The van der Waals surface area contributed by atoms with Crippen molar-refractivity contribution in [1.29, 1.82) is 10.8 Å². The highest BCUT2D eigenvalue weighted by molar-refractivity contribution is 6.39. The van der Waals surface area contributed by atoms with Gasteiger partial charge in [-0.1, -0.05) is 43.1 Å². The lowest BCUT2D eigenvalue weighted by atomic mass is 10.0. The topological polar surface area (TPSA) is 124 Å². The summed E-state index contributed by atoms with van der Waals surface area (Å²) in [6.07, 6.45) is 3.79. The Bertz CT molecular complexity index is 1180. The Morgan fingerprint density at radius 1 is 1.03 bits per heavy atom. The number of nitrogens with two attached hydrogens (primary N) is 2. The number of amidine groups is 2. The number of nitrogens with zero attached hydrogens (tertiary/aromatic N) is 2. The highest BCUT2D eigenvalue weighted by Crippen LogP contribution is 2.32. The first-order valence-electron chi connectivity index (χ1n) is 9.64. The molecule has 0 amide bonds. The molecule has 2 aromatic carbocycles. The Labute approximate surface area is 200 Å². The van der Waals surface area contributed by atoms with E-state index in [9.17, 15) is 8.78 Å². The van der Waals surface area contributed by atoms with Gasteiger partial charge in [-0.2, -0.15) is 0 Å². The molecule has 10 heteroatoms. The zero-order chi connectivity index (χ0) is 24.7. The maximum Gasteiger partial charge on any atom is 0.146 e. The number of halogens is 4. The second-order valence-electron chi connectivity index (χ2n) is 7.11. The Hall–Kier alpha value is -3.36. The molecule has 0 atom stereocenters. The average Bonchev–Trinajstić information content (AvgIpc) is 2.73. The monoisotopic (exact) mass is 490 g/mol.